The Bertz CT molecular complexity index is 471. The molecule has 1 atom stereocenters. The Balaban J connectivity index is 2.28. The average molecular weight is 294 g/mol. The molecule has 21 heavy (non-hydrogen) atoms. The summed E-state index contributed by atoms with van der Waals surface area (Å²) in [5.41, 5.74) is 2.23. The molecular weight excluding hydrogens is 272 g/mol. The van der Waals surface area contributed by atoms with E-state index in [2.05, 4.69) is 24.5 Å². The van der Waals surface area contributed by atoms with Crippen LogP contribution in [0.25, 0.3) is 0 Å². The molecule has 2 amide bonds. The third kappa shape index (κ3) is 6.27. The van der Waals surface area contributed by atoms with Gasteiger partial charge in [0.2, 0.25) is 0 Å². The summed E-state index contributed by atoms with van der Waals surface area (Å²) in [5.74, 6) is -0.821. The minimum atomic E-state index is -1.45. The van der Waals surface area contributed by atoms with Gasteiger partial charge in [0.1, 0.15) is 0 Å². The molecule has 0 spiro atoms. The van der Waals surface area contributed by atoms with E-state index < -0.39 is 12.1 Å². The maximum atomic E-state index is 11.5. The number of urea groups is 1. The Morgan fingerprint density at radius 3 is 2.29 bits per heavy atom. The second-order valence-electron chi connectivity index (χ2n) is 5.15. The number of aliphatic hydroxyl groups is 1. The number of carboxylic acid groups (broad SMARTS) is 1. The molecule has 1 unspecified atom stereocenters. The van der Waals surface area contributed by atoms with Crippen molar-refractivity contribution in [2.45, 2.75) is 38.8 Å². The normalized spacial score (nSPS) is 12.0. The molecule has 1 aromatic carbocycles. The number of hydrogen-bond donors (Lipinski definition) is 4. The largest absolute Gasteiger partial charge is 0.479 e. The molecule has 0 fully saturated rings. The van der Waals surface area contributed by atoms with E-state index in [4.69, 9.17) is 10.2 Å². The Labute approximate surface area is 124 Å². The third-order valence-electron chi connectivity index (χ3n) is 3.09. The van der Waals surface area contributed by atoms with Gasteiger partial charge in [-0.05, 0) is 17.0 Å². The molecule has 0 aliphatic rings. The molecule has 116 valence electrons. The zero-order chi connectivity index (χ0) is 15.8. The molecule has 0 radical (unpaired) electrons. The molecule has 1 aromatic rings. The molecule has 0 saturated heterocycles. The molecule has 0 heterocycles. The highest BCUT2D eigenvalue weighted by molar-refractivity contribution is 5.74. The fourth-order valence-electron chi connectivity index (χ4n) is 1.71. The maximum absolute atomic E-state index is 11.5. The van der Waals surface area contributed by atoms with Crippen LogP contribution in [-0.4, -0.2) is 34.9 Å². The fraction of sp³-hybridized carbons (Fsp3) is 0.467. The lowest BCUT2D eigenvalue weighted by Crippen LogP contribution is -2.37. The van der Waals surface area contributed by atoms with E-state index in [0.717, 1.165) is 5.56 Å². The predicted molar refractivity (Wildman–Crippen MR) is 79.0 cm³/mol. The second-order valence-corrected chi connectivity index (χ2v) is 5.15. The van der Waals surface area contributed by atoms with E-state index >= 15 is 0 Å². The van der Waals surface area contributed by atoms with Gasteiger partial charge in [0, 0.05) is 19.5 Å². The maximum Gasteiger partial charge on any atom is 0.332 e. The predicted octanol–water partition coefficient (Wildman–Crippen LogP) is 1.44. The topological polar surface area (TPSA) is 98.7 Å². The van der Waals surface area contributed by atoms with Crippen molar-refractivity contribution in [3.8, 4) is 0 Å². The first-order valence-electron chi connectivity index (χ1n) is 6.91. The lowest BCUT2D eigenvalue weighted by Gasteiger charge is -2.10. The van der Waals surface area contributed by atoms with Gasteiger partial charge < -0.3 is 20.8 Å². The van der Waals surface area contributed by atoms with Crippen LogP contribution in [0.5, 0.6) is 0 Å². The number of benzene rings is 1. The summed E-state index contributed by atoms with van der Waals surface area (Å²) >= 11 is 0. The third-order valence-corrected chi connectivity index (χ3v) is 3.09. The summed E-state index contributed by atoms with van der Waals surface area (Å²) in [6.45, 7) is 4.73. The van der Waals surface area contributed by atoms with Gasteiger partial charge in [-0.25, -0.2) is 9.59 Å². The van der Waals surface area contributed by atoms with Gasteiger partial charge in [-0.3, -0.25) is 0 Å². The van der Waals surface area contributed by atoms with Crippen molar-refractivity contribution in [2.24, 2.45) is 0 Å². The molecule has 6 nitrogen and oxygen atoms in total. The highest BCUT2D eigenvalue weighted by Gasteiger charge is 2.12. The van der Waals surface area contributed by atoms with Crippen molar-refractivity contribution in [1.82, 2.24) is 10.6 Å². The molecule has 0 aliphatic heterocycles. The number of carbonyl (C=O) groups excluding carboxylic acids is 1. The summed E-state index contributed by atoms with van der Waals surface area (Å²) in [6.07, 6.45) is -1.47. The smallest absolute Gasteiger partial charge is 0.332 e. The summed E-state index contributed by atoms with van der Waals surface area (Å²) in [5, 5.41) is 22.7. The first-order valence-corrected chi connectivity index (χ1v) is 6.91. The van der Waals surface area contributed by atoms with Crippen LogP contribution in [0.1, 0.15) is 37.3 Å². The van der Waals surface area contributed by atoms with Gasteiger partial charge in [0.25, 0.3) is 0 Å². The van der Waals surface area contributed by atoms with Gasteiger partial charge in [-0.1, -0.05) is 38.1 Å². The summed E-state index contributed by atoms with van der Waals surface area (Å²) in [7, 11) is 0. The SMILES string of the molecule is CC(C)c1ccc(CNC(=O)NCCC(O)C(=O)O)cc1. The van der Waals surface area contributed by atoms with E-state index in [9.17, 15) is 9.59 Å². The van der Waals surface area contributed by atoms with Crippen molar-refractivity contribution in [3.05, 3.63) is 35.4 Å². The monoisotopic (exact) mass is 294 g/mol. The van der Waals surface area contributed by atoms with Crippen LogP contribution in [0.2, 0.25) is 0 Å². The van der Waals surface area contributed by atoms with Gasteiger partial charge in [-0.2, -0.15) is 0 Å². The van der Waals surface area contributed by atoms with Crippen molar-refractivity contribution in [3.63, 3.8) is 0 Å². The molecule has 6 heteroatoms. The molecule has 0 saturated carbocycles. The van der Waals surface area contributed by atoms with Crippen molar-refractivity contribution >= 4 is 12.0 Å². The van der Waals surface area contributed by atoms with Crippen LogP contribution in [0, 0.1) is 0 Å². The number of rotatable bonds is 7. The molecule has 0 aromatic heterocycles. The highest BCUT2D eigenvalue weighted by atomic mass is 16.4. The van der Waals surface area contributed by atoms with Crippen molar-refractivity contribution in [2.75, 3.05) is 6.54 Å². The summed E-state index contributed by atoms with van der Waals surface area (Å²) < 4.78 is 0. The average Bonchev–Trinajstić information content (AvgIpc) is 2.45. The molecule has 4 N–H and O–H groups in total. The van der Waals surface area contributed by atoms with Gasteiger partial charge in [0.05, 0.1) is 0 Å². The number of nitrogens with one attached hydrogen (secondary N) is 2. The first-order chi connectivity index (χ1) is 9.90. The van der Waals surface area contributed by atoms with E-state index in [-0.39, 0.29) is 19.0 Å². The van der Waals surface area contributed by atoms with Crippen molar-refractivity contribution in [1.29, 1.82) is 0 Å². The number of carboxylic acids is 1. The lowest BCUT2D eigenvalue weighted by molar-refractivity contribution is -0.146. The van der Waals surface area contributed by atoms with E-state index in [1.54, 1.807) is 0 Å². The number of aliphatic carboxylic acids is 1. The Morgan fingerprint density at radius 2 is 1.76 bits per heavy atom. The van der Waals surface area contributed by atoms with E-state index in [0.29, 0.717) is 12.5 Å². The second kappa shape index (κ2) is 8.26. The number of hydrogen-bond acceptors (Lipinski definition) is 3. The first kappa shape index (κ1) is 17.0. The minimum absolute atomic E-state index is 0.0220. The summed E-state index contributed by atoms with van der Waals surface area (Å²) in [4.78, 5) is 21.9. The minimum Gasteiger partial charge on any atom is -0.479 e. The Kier molecular flexibility index (Phi) is 6.68. The Hall–Kier alpha value is -2.08. The zero-order valence-electron chi connectivity index (χ0n) is 12.3. The van der Waals surface area contributed by atoms with E-state index in [1.807, 2.05) is 24.3 Å². The molecular formula is C15H22N2O4. The van der Waals surface area contributed by atoms with Gasteiger partial charge in [0.15, 0.2) is 6.10 Å². The van der Waals surface area contributed by atoms with Crippen LogP contribution in [-0.2, 0) is 11.3 Å². The van der Waals surface area contributed by atoms with Gasteiger partial charge >= 0.3 is 12.0 Å². The number of aliphatic hydroxyl groups excluding tert-OH is 1. The molecule has 1 rings (SSSR count). The molecule has 0 aliphatic carbocycles. The standard InChI is InChI=1S/C15H22N2O4/c1-10(2)12-5-3-11(4-6-12)9-17-15(21)16-8-7-13(18)14(19)20/h3-6,10,13,18H,7-9H2,1-2H3,(H,19,20)(H2,16,17,21). The highest BCUT2D eigenvalue weighted by Crippen LogP contribution is 2.14. The van der Waals surface area contributed by atoms with Crippen LogP contribution < -0.4 is 10.6 Å². The Morgan fingerprint density at radius 1 is 1.14 bits per heavy atom. The van der Waals surface area contributed by atoms with Crippen LogP contribution in [0.3, 0.4) is 0 Å². The quantitative estimate of drug-likeness (QED) is 0.611. The number of carbonyl (C=O) groups is 2. The number of amides is 2. The van der Waals surface area contributed by atoms with E-state index in [1.165, 1.54) is 5.56 Å². The van der Waals surface area contributed by atoms with Crippen LogP contribution in [0.15, 0.2) is 24.3 Å². The lowest BCUT2D eigenvalue weighted by atomic mass is 10.0. The zero-order valence-corrected chi connectivity index (χ0v) is 12.3. The summed E-state index contributed by atoms with van der Waals surface area (Å²) in [6, 6.07) is 7.60. The molecule has 0 bridgehead atoms. The fourth-order valence-corrected chi connectivity index (χ4v) is 1.71. The van der Waals surface area contributed by atoms with Crippen LogP contribution in [0.4, 0.5) is 4.79 Å². The van der Waals surface area contributed by atoms with Crippen LogP contribution >= 0.6 is 0 Å². The van der Waals surface area contributed by atoms with Gasteiger partial charge in [-0.15, -0.1) is 0 Å². The van der Waals surface area contributed by atoms with Crippen molar-refractivity contribution < 1.29 is 19.8 Å².